The molecule has 0 N–H and O–H groups in total. The minimum Gasteiger partial charge on any atom is -0.374 e. The van der Waals surface area contributed by atoms with Crippen LogP contribution >= 0.6 is 11.3 Å². The molecule has 2 aromatic rings. The number of rotatable bonds is 3. The molecule has 0 spiro atoms. The van der Waals surface area contributed by atoms with E-state index < -0.39 is 0 Å². The van der Waals surface area contributed by atoms with Gasteiger partial charge >= 0.3 is 0 Å². The average molecular weight is 252 g/mol. The van der Waals surface area contributed by atoms with Crippen molar-refractivity contribution in [3.05, 3.63) is 28.1 Å². The van der Waals surface area contributed by atoms with E-state index in [2.05, 4.69) is 4.98 Å². The number of hydrogen-bond donors (Lipinski definition) is 0. The Balaban J connectivity index is 2.14. The van der Waals surface area contributed by atoms with Gasteiger partial charge in [0.05, 0.1) is 30.6 Å². The summed E-state index contributed by atoms with van der Waals surface area (Å²) in [6.07, 6.45) is 1.59. The van der Waals surface area contributed by atoms with Crippen molar-refractivity contribution in [2.75, 3.05) is 6.61 Å². The van der Waals surface area contributed by atoms with Gasteiger partial charge in [0.1, 0.15) is 4.70 Å². The number of ether oxygens (including phenoxy) is 1. The van der Waals surface area contributed by atoms with Crippen molar-refractivity contribution >= 4 is 21.6 Å². The van der Waals surface area contributed by atoms with E-state index in [1.807, 2.05) is 32.2 Å². The summed E-state index contributed by atoms with van der Waals surface area (Å²) in [6.45, 7) is 7.04. The molecule has 0 amide bonds. The highest BCUT2D eigenvalue weighted by Gasteiger charge is 2.10. The molecular formula is C12H16N2O2S. The molecule has 0 aliphatic carbocycles. The van der Waals surface area contributed by atoms with E-state index in [0.717, 1.165) is 5.52 Å². The van der Waals surface area contributed by atoms with Gasteiger partial charge in [-0.1, -0.05) is 0 Å². The van der Waals surface area contributed by atoms with Crippen LogP contribution in [0, 0.1) is 0 Å². The SMILES string of the molecule is CC(C)(C)OCCn1cnc2ccsc2c1=O. The molecule has 2 heterocycles. The van der Waals surface area contributed by atoms with Crippen molar-refractivity contribution in [3.63, 3.8) is 0 Å². The summed E-state index contributed by atoms with van der Waals surface area (Å²) in [4.78, 5) is 16.3. The monoisotopic (exact) mass is 252 g/mol. The molecule has 2 rings (SSSR count). The van der Waals surface area contributed by atoms with Crippen LogP contribution in [0.1, 0.15) is 20.8 Å². The minimum atomic E-state index is -0.177. The Morgan fingerprint density at radius 3 is 2.94 bits per heavy atom. The first-order valence-electron chi connectivity index (χ1n) is 5.54. The van der Waals surface area contributed by atoms with Gasteiger partial charge in [-0.25, -0.2) is 4.98 Å². The summed E-state index contributed by atoms with van der Waals surface area (Å²) in [5.41, 5.74) is 0.611. The van der Waals surface area contributed by atoms with Gasteiger partial charge in [-0.2, -0.15) is 0 Å². The predicted octanol–water partition coefficient (Wildman–Crippen LogP) is 2.27. The molecule has 2 aromatic heterocycles. The number of aromatic nitrogens is 2. The molecule has 4 nitrogen and oxygen atoms in total. The Morgan fingerprint density at radius 1 is 1.47 bits per heavy atom. The standard InChI is InChI=1S/C12H16N2O2S/c1-12(2,3)16-6-5-14-8-13-9-4-7-17-10(9)11(14)15/h4,7-8H,5-6H2,1-3H3. The third kappa shape index (κ3) is 2.92. The largest absolute Gasteiger partial charge is 0.374 e. The van der Waals surface area contributed by atoms with Crippen molar-refractivity contribution in [3.8, 4) is 0 Å². The lowest BCUT2D eigenvalue weighted by atomic mass is 10.2. The molecule has 5 heteroatoms. The number of hydrogen-bond acceptors (Lipinski definition) is 4. The maximum Gasteiger partial charge on any atom is 0.271 e. The van der Waals surface area contributed by atoms with Crippen LogP contribution in [0.15, 0.2) is 22.6 Å². The molecule has 0 fully saturated rings. The Morgan fingerprint density at radius 2 is 2.24 bits per heavy atom. The van der Waals surface area contributed by atoms with Crippen LogP contribution in [0.3, 0.4) is 0 Å². The Labute approximate surface area is 104 Å². The maximum absolute atomic E-state index is 12.0. The van der Waals surface area contributed by atoms with Crippen molar-refractivity contribution in [2.45, 2.75) is 32.9 Å². The molecule has 17 heavy (non-hydrogen) atoms. The van der Waals surface area contributed by atoms with Crippen LogP contribution < -0.4 is 5.56 Å². The highest BCUT2D eigenvalue weighted by molar-refractivity contribution is 7.17. The maximum atomic E-state index is 12.0. The van der Waals surface area contributed by atoms with Gasteiger partial charge in [0.15, 0.2) is 0 Å². The molecule has 0 radical (unpaired) electrons. The molecule has 0 unspecified atom stereocenters. The van der Waals surface area contributed by atoms with Crippen molar-refractivity contribution in [2.24, 2.45) is 0 Å². The molecule has 0 aromatic carbocycles. The van der Waals surface area contributed by atoms with Crippen molar-refractivity contribution in [1.29, 1.82) is 0 Å². The van der Waals surface area contributed by atoms with Gasteiger partial charge in [0.25, 0.3) is 5.56 Å². The van der Waals surface area contributed by atoms with Gasteiger partial charge < -0.3 is 4.74 Å². The van der Waals surface area contributed by atoms with E-state index in [4.69, 9.17) is 4.74 Å². The average Bonchev–Trinajstić information content (AvgIpc) is 2.68. The van der Waals surface area contributed by atoms with E-state index in [-0.39, 0.29) is 11.2 Å². The van der Waals surface area contributed by atoms with Gasteiger partial charge in [0, 0.05) is 0 Å². The first-order valence-corrected chi connectivity index (χ1v) is 6.42. The van der Waals surface area contributed by atoms with Gasteiger partial charge in [-0.15, -0.1) is 11.3 Å². The molecule has 0 saturated heterocycles. The first-order chi connectivity index (χ1) is 7.97. The van der Waals surface area contributed by atoms with Crippen LogP contribution in [-0.4, -0.2) is 21.8 Å². The van der Waals surface area contributed by atoms with E-state index in [0.29, 0.717) is 17.9 Å². The summed E-state index contributed by atoms with van der Waals surface area (Å²) in [6, 6.07) is 1.86. The van der Waals surface area contributed by atoms with Gasteiger partial charge in [-0.3, -0.25) is 9.36 Å². The number of thiophene rings is 1. The van der Waals surface area contributed by atoms with Gasteiger partial charge in [0.2, 0.25) is 0 Å². The summed E-state index contributed by atoms with van der Waals surface area (Å²) >= 11 is 1.43. The third-order valence-electron chi connectivity index (χ3n) is 2.30. The lowest BCUT2D eigenvalue weighted by Gasteiger charge is -2.19. The minimum absolute atomic E-state index is 0.0162. The third-order valence-corrected chi connectivity index (χ3v) is 3.19. The van der Waals surface area contributed by atoms with E-state index in [9.17, 15) is 4.79 Å². The zero-order chi connectivity index (χ0) is 12.5. The van der Waals surface area contributed by atoms with Gasteiger partial charge in [-0.05, 0) is 32.2 Å². The second-order valence-electron chi connectivity index (χ2n) is 4.84. The predicted molar refractivity (Wildman–Crippen MR) is 69.6 cm³/mol. The second-order valence-corrected chi connectivity index (χ2v) is 5.76. The van der Waals surface area contributed by atoms with E-state index in [1.54, 1.807) is 10.9 Å². The normalized spacial score (nSPS) is 12.2. The van der Waals surface area contributed by atoms with Crippen LogP contribution in [-0.2, 0) is 11.3 Å². The molecule has 0 atom stereocenters. The summed E-state index contributed by atoms with van der Waals surface area (Å²) in [7, 11) is 0. The highest BCUT2D eigenvalue weighted by Crippen LogP contribution is 2.13. The van der Waals surface area contributed by atoms with Crippen LogP contribution in [0.2, 0.25) is 0 Å². The first kappa shape index (κ1) is 12.3. The topological polar surface area (TPSA) is 44.1 Å². The van der Waals surface area contributed by atoms with E-state index >= 15 is 0 Å². The fourth-order valence-corrected chi connectivity index (χ4v) is 2.28. The molecule has 0 aliphatic heterocycles. The zero-order valence-electron chi connectivity index (χ0n) is 10.3. The van der Waals surface area contributed by atoms with Crippen molar-refractivity contribution in [1.82, 2.24) is 9.55 Å². The summed E-state index contributed by atoms with van der Waals surface area (Å²) in [5, 5.41) is 1.88. The fourth-order valence-electron chi connectivity index (χ4n) is 1.49. The lowest BCUT2D eigenvalue weighted by Crippen LogP contribution is -2.26. The zero-order valence-corrected chi connectivity index (χ0v) is 11.1. The quantitative estimate of drug-likeness (QED) is 0.841. The second kappa shape index (κ2) is 4.58. The van der Waals surface area contributed by atoms with Crippen molar-refractivity contribution < 1.29 is 4.74 Å². The summed E-state index contributed by atoms with van der Waals surface area (Å²) < 4.78 is 7.91. The highest BCUT2D eigenvalue weighted by atomic mass is 32.1. The lowest BCUT2D eigenvalue weighted by molar-refractivity contribution is -0.00716. The molecule has 0 aliphatic rings. The fraction of sp³-hybridized carbons (Fsp3) is 0.500. The Bertz CT molecular complexity index is 566. The Hall–Kier alpha value is -1.20. The Kier molecular flexibility index (Phi) is 3.31. The number of fused-ring (bicyclic) bond motifs is 1. The molecular weight excluding hydrogens is 236 g/mol. The molecule has 92 valence electrons. The molecule has 0 bridgehead atoms. The number of nitrogens with zero attached hydrogens (tertiary/aromatic N) is 2. The van der Waals surface area contributed by atoms with Crippen LogP contribution in [0.25, 0.3) is 10.2 Å². The molecule has 0 saturated carbocycles. The van der Waals surface area contributed by atoms with E-state index in [1.165, 1.54) is 11.3 Å². The smallest absolute Gasteiger partial charge is 0.271 e. The summed E-state index contributed by atoms with van der Waals surface area (Å²) in [5.74, 6) is 0. The van der Waals surface area contributed by atoms with Crippen LogP contribution in [0.4, 0.5) is 0 Å². The van der Waals surface area contributed by atoms with Crippen LogP contribution in [0.5, 0.6) is 0 Å².